The quantitative estimate of drug-likeness (QED) is 0.604. The third-order valence-corrected chi connectivity index (χ3v) is 3.82. The molecule has 0 spiro atoms. The monoisotopic (exact) mass is 312 g/mol. The van der Waals surface area contributed by atoms with E-state index in [1.54, 1.807) is 0 Å². The van der Waals surface area contributed by atoms with Crippen LogP contribution in [-0.2, 0) is 16.0 Å². The topological polar surface area (TPSA) is 26.3 Å². The van der Waals surface area contributed by atoms with Gasteiger partial charge in [0.25, 0.3) is 0 Å². The standard InChI is InChI=1S/C20H26NO2/c1-21(2,3)15-19(20(22)23-4)14-16-9-8-12-18(13-16)17-10-6-5-7-11-17/h5-13,19H,14-15H2,1-4H3/q+1. The maximum atomic E-state index is 12.1. The van der Waals surface area contributed by atoms with Gasteiger partial charge >= 0.3 is 5.97 Å². The number of methoxy groups -OCH3 is 1. The molecule has 0 radical (unpaired) electrons. The van der Waals surface area contributed by atoms with Crippen molar-refractivity contribution in [2.75, 3.05) is 34.8 Å². The highest BCUT2D eigenvalue weighted by atomic mass is 16.5. The fourth-order valence-corrected chi connectivity index (χ4v) is 2.84. The Kier molecular flexibility index (Phi) is 5.56. The molecule has 0 saturated carbocycles. The van der Waals surface area contributed by atoms with Gasteiger partial charge in [-0.15, -0.1) is 0 Å². The van der Waals surface area contributed by atoms with E-state index in [9.17, 15) is 4.79 Å². The van der Waals surface area contributed by atoms with Crippen molar-refractivity contribution in [2.45, 2.75) is 6.42 Å². The van der Waals surface area contributed by atoms with Gasteiger partial charge < -0.3 is 9.22 Å². The summed E-state index contributed by atoms with van der Waals surface area (Å²) in [5, 5.41) is 0. The smallest absolute Gasteiger partial charge is 0.314 e. The van der Waals surface area contributed by atoms with Gasteiger partial charge in [-0.05, 0) is 23.1 Å². The highest BCUT2D eigenvalue weighted by Crippen LogP contribution is 2.22. The number of benzene rings is 2. The number of carbonyl (C=O) groups is 1. The van der Waals surface area contributed by atoms with Gasteiger partial charge in [-0.1, -0.05) is 54.6 Å². The van der Waals surface area contributed by atoms with E-state index >= 15 is 0 Å². The van der Waals surface area contributed by atoms with Crippen molar-refractivity contribution in [1.29, 1.82) is 0 Å². The summed E-state index contributed by atoms with van der Waals surface area (Å²) in [4.78, 5) is 12.1. The lowest BCUT2D eigenvalue weighted by Crippen LogP contribution is -2.42. The molecule has 122 valence electrons. The number of carbonyl (C=O) groups excluding carboxylic acids is 1. The molecule has 1 atom stereocenters. The third kappa shape index (κ3) is 5.22. The minimum absolute atomic E-state index is 0.133. The summed E-state index contributed by atoms with van der Waals surface area (Å²) < 4.78 is 5.73. The second kappa shape index (κ2) is 7.42. The number of nitrogens with zero attached hydrogens (tertiary/aromatic N) is 1. The maximum Gasteiger partial charge on any atom is 0.314 e. The molecule has 0 aromatic heterocycles. The van der Waals surface area contributed by atoms with E-state index in [1.165, 1.54) is 18.2 Å². The molecule has 0 heterocycles. The van der Waals surface area contributed by atoms with E-state index in [0.717, 1.165) is 16.6 Å². The van der Waals surface area contributed by atoms with Crippen molar-refractivity contribution in [3.63, 3.8) is 0 Å². The van der Waals surface area contributed by atoms with E-state index in [4.69, 9.17) is 4.74 Å². The Labute approximate surface area is 139 Å². The van der Waals surface area contributed by atoms with Crippen LogP contribution in [0.25, 0.3) is 11.1 Å². The Balaban J connectivity index is 2.22. The lowest BCUT2D eigenvalue weighted by Gasteiger charge is -2.28. The van der Waals surface area contributed by atoms with Gasteiger partial charge in [0.05, 0.1) is 34.8 Å². The van der Waals surface area contributed by atoms with Gasteiger partial charge in [0, 0.05) is 0 Å². The molecule has 0 N–H and O–H groups in total. The average molecular weight is 312 g/mol. The number of rotatable bonds is 6. The Morgan fingerprint density at radius 1 is 1.00 bits per heavy atom. The average Bonchev–Trinajstić information content (AvgIpc) is 2.53. The highest BCUT2D eigenvalue weighted by molar-refractivity contribution is 5.73. The van der Waals surface area contributed by atoms with Crippen molar-refractivity contribution >= 4 is 5.97 Å². The summed E-state index contributed by atoms with van der Waals surface area (Å²) in [6.07, 6.45) is 0.697. The summed E-state index contributed by atoms with van der Waals surface area (Å²) in [6, 6.07) is 18.7. The van der Waals surface area contributed by atoms with E-state index in [0.29, 0.717) is 6.42 Å². The fraction of sp³-hybridized carbons (Fsp3) is 0.350. The Hall–Kier alpha value is -2.13. The predicted octanol–water partition coefficient (Wildman–Crippen LogP) is 3.39. The highest BCUT2D eigenvalue weighted by Gasteiger charge is 2.26. The van der Waals surface area contributed by atoms with Gasteiger partial charge in [-0.2, -0.15) is 0 Å². The van der Waals surface area contributed by atoms with Crippen molar-refractivity contribution in [3.05, 3.63) is 60.2 Å². The van der Waals surface area contributed by atoms with Gasteiger partial charge in [0.15, 0.2) is 0 Å². The Morgan fingerprint density at radius 2 is 1.65 bits per heavy atom. The van der Waals surface area contributed by atoms with Crippen LogP contribution in [0.5, 0.6) is 0 Å². The molecule has 1 unspecified atom stereocenters. The molecule has 2 aromatic carbocycles. The van der Waals surface area contributed by atoms with Crippen LogP contribution < -0.4 is 0 Å². The predicted molar refractivity (Wildman–Crippen MR) is 94.0 cm³/mol. The normalized spacial score (nSPS) is 12.7. The van der Waals surface area contributed by atoms with Crippen LogP contribution in [0.15, 0.2) is 54.6 Å². The molecule has 3 nitrogen and oxygen atoms in total. The zero-order chi connectivity index (χ0) is 16.9. The largest absolute Gasteiger partial charge is 0.469 e. The molecule has 2 rings (SSSR count). The minimum atomic E-state index is -0.136. The SMILES string of the molecule is COC(=O)C(Cc1cccc(-c2ccccc2)c1)C[N+](C)(C)C. The lowest BCUT2D eigenvalue weighted by molar-refractivity contribution is -0.872. The number of quaternary nitrogens is 1. The van der Waals surface area contributed by atoms with Crippen LogP contribution >= 0.6 is 0 Å². The molecule has 0 aliphatic heterocycles. The second-order valence-corrected chi connectivity index (χ2v) is 6.96. The molecule has 23 heavy (non-hydrogen) atoms. The molecule has 3 heteroatoms. The zero-order valence-corrected chi connectivity index (χ0v) is 14.5. The molecule has 0 amide bonds. The molecule has 0 aliphatic carbocycles. The number of hydrogen-bond acceptors (Lipinski definition) is 2. The van der Waals surface area contributed by atoms with Gasteiger partial charge in [-0.25, -0.2) is 0 Å². The summed E-state index contributed by atoms with van der Waals surface area (Å²) in [5.41, 5.74) is 3.53. The molecule has 0 aliphatic rings. The summed E-state index contributed by atoms with van der Waals surface area (Å²) in [7, 11) is 7.74. The summed E-state index contributed by atoms with van der Waals surface area (Å²) in [5.74, 6) is -0.269. The summed E-state index contributed by atoms with van der Waals surface area (Å²) in [6.45, 7) is 0.752. The molecular formula is C20H26NO2+. The van der Waals surface area contributed by atoms with Crippen molar-refractivity contribution in [2.24, 2.45) is 5.92 Å². The first kappa shape index (κ1) is 17.2. The molecule has 0 bridgehead atoms. The van der Waals surface area contributed by atoms with Crippen molar-refractivity contribution in [1.82, 2.24) is 0 Å². The van der Waals surface area contributed by atoms with E-state index in [2.05, 4.69) is 57.5 Å². The third-order valence-electron chi connectivity index (χ3n) is 3.82. The van der Waals surface area contributed by atoms with Gasteiger partial charge in [0.1, 0.15) is 5.92 Å². The van der Waals surface area contributed by atoms with Crippen LogP contribution in [0.1, 0.15) is 5.56 Å². The van der Waals surface area contributed by atoms with E-state index < -0.39 is 0 Å². The van der Waals surface area contributed by atoms with Gasteiger partial charge in [-0.3, -0.25) is 4.79 Å². The first-order valence-corrected chi connectivity index (χ1v) is 7.92. The summed E-state index contributed by atoms with van der Waals surface area (Å²) >= 11 is 0. The lowest BCUT2D eigenvalue weighted by atomic mass is 9.95. The van der Waals surface area contributed by atoms with Crippen LogP contribution in [0.4, 0.5) is 0 Å². The van der Waals surface area contributed by atoms with E-state index in [-0.39, 0.29) is 11.9 Å². The molecular weight excluding hydrogens is 286 g/mol. The van der Waals surface area contributed by atoms with Crippen LogP contribution in [-0.4, -0.2) is 45.2 Å². The first-order chi connectivity index (χ1) is 10.9. The molecule has 0 saturated heterocycles. The maximum absolute atomic E-state index is 12.1. The fourth-order valence-electron chi connectivity index (χ4n) is 2.84. The molecule has 0 fully saturated rings. The van der Waals surface area contributed by atoms with E-state index in [1.807, 2.05) is 18.2 Å². The van der Waals surface area contributed by atoms with Crippen LogP contribution in [0.2, 0.25) is 0 Å². The number of ether oxygens (including phenoxy) is 1. The number of hydrogen-bond donors (Lipinski definition) is 0. The molecule has 2 aromatic rings. The van der Waals surface area contributed by atoms with Crippen LogP contribution in [0.3, 0.4) is 0 Å². The van der Waals surface area contributed by atoms with Crippen LogP contribution in [0, 0.1) is 5.92 Å². The number of esters is 1. The second-order valence-electron chi connectivity index (χ2n) is 6.96. The first-order valence-electron chi connectivity index (χ1n) is 7.92. The zero-order valence-electron chi connectivity index (χ0n) is 14.5. The van der Waals surface area contributed by atoms with Crippen molar-refractivity contribution < 1.29 is 14.0 Å². The minimum Gasteiger partial charge on any atom is -0.469 e. The Bertz CT molecular complexity index is 644. The Morgan fingerprint density at radius 3 is 2.26 bits per heavy atom. The van der Waals surface area contributed by atoms with Gasteiger partial charge in [0.2, 0.25) is 0 Å². The van der Waals surface area contributed by atoms with Crippen molar-refractivity contribution in [3.8, 4) is 11.1 Å².